The Labute approximate surface area is 206 Å². The van der Waals surface area contributed by atoms with Crippen molar-refractivity contribution in [2.24, 2.45) is 0 Å². The molecule has 7 nitrogen and oxygen atoms in total. The lowest BCUT2D eigenvalue weighted by Gasteiger charge is -2.25. The van der Waals surface area contributed by atoms with Crippen LogP contribution in [0.15, 0.2) is 24.3 Å². The predicted molar refractivity (Wildman–Crippen MR) is 129 cm³/mol. The minimum atomic E-state index is -4.90. The Morgan fingerprint density at radius 2 is 1.81 bits per heavy atom. The van der Waals surface area contributed by atoms with E-state index in [9.17, 15) is 26.0 Å². The second-order valence-corrected chi connectivity index (χ2v) is 11.3. The maximum Gasteiger partial charge on any atom is 0.419 e. The number of sulfone groups is 1. The molecule has 0 saturated carbocycles. The molecule has 12 heteroatoms. The Morgan fingerprint density at radius 1 is 1.14 bits per heavy atom. The van der Waals surface area contributed by atoms with Crippen molar-refractivity contribution in [2.75, 3.05) is 29.7 Å². The van der Waals surface area contributed by atoms with Crippen molar-refractivity contribution in [1.29, 1.82) is 0 Å². The first kappa shape index (κ1) is 25.9. The number of hydrogen-bond acceptors (Lipinski definition) is 7. The number of ether oxygens (including phenoxy) is 1. The zero-order chi connectivity index (χ0) is 26.4. The molecule has 1 saturated heterocycles. The highest BCUT2D eigenvalue weighted by molar-refractivity contribution is 7.91. The van der Waals surface area contributed by atoms with Gasteiger partial charge in [0.05, 0.1) is 35.7 Å². The number of benzene rings is 2. The molecule has 3 N–H and O–H groups in total. The number of halogens is 4. The molecule has 4 rings (SSSR count). The van der Waals surface area contributed by atoms with Gasteiger partial charge in [0.25, 0.3) is 0 Å². The second kappa shape index (κ2) is 9.38. The number of anilines is 2. The standard InChI is InChI=1S/C24H26F4N4O3S/c1-12(16-8-15(29)9-19(22(16)25)24(26,27)28)30-23-18-10-17(14-4-6-36(33,34)7-5-14)21(35-3)11-20(18)31-13(2)32-23/h8-12,14H,4-7,29H2,1-3H3,(H,30,31,32)/t12-/m0/s1. The maximum atomic E-state index is 14.8. The highest BCUT2D eigenvalue weighted by Crippen LogP contribution is 2.40. The van der Waals surface area contributed by atoms with Gasteiger partial charge in [0.15, 0.2) is 0 Å². The summed E-state index contributed by atoms with van der Waals surface area (Å²) in [6.45, 7) is 3.17. The summed E-state index contributed by atoms with van der Waals surface area (Å²) in [7, 11) is -1.56. The summed E-state index contributed by atoms with van der Waals surface area (Å²) in [4.78, 5) is 8.86. The minimum Gasteiger partial charge on any atom is -0.496 e. The third-order valence-electron chi connectivity index (χ3n) is 6.40. The maximum absolute atomic E-state index is 14.8. The number of aryl methyl sites for hydroxylation is 1. The third-order valence-corrected chi connectivity index (χ3v) is 8.12. The highest BCUT2D eigenvalue weighted by Gasteiger charge is 2.36. The van der Waals surface area contributed by atoms with Crippen molar-refractivity contribution in [3.8, 4) is 5.75 Å². The lowest BCUT2D eigenvalue weighted by Crippen LogP contribution is -2.22. The molecule has 0 spiro atoms. The lowest BCUT2D eigenvalue weighted by molar-refractivity contribution is -0.140. The normalized spacial score (nSPS) is 17.2. The largest absolute Gasteiger partial charge is 0.496 e. The van der Waals surface area contributed by atoms with Gasteiger partial charge in [-0.05, 0) is 56.4 Å². The molecule has 0 unspecified atom stereocenters. The zero-order valence-electron chi connectivity index (χ0n) is 19.9. The summed E-state index contributed by atoms with van der Waals surface area (Å²) in [6.07, 6.45) is -4.03. The number of nitrogen functional groups attached to an aromatic ring is 1. The van der Waals surface area contributed by atoms with E-state index < -0.39 is 33.4 Å². The fourth-order valence-corrected chi connectivity index (χ4v) is 6.06. The molecule has 0 aliphatic carbocycles. The SMILES string of the molecule is COc1cc2nc(C)nc(N[C@@H](C)c3cc(N)cc(C(F)(F)F)c3F)c2cc1C1CCS(=O)(=O)CC1. The van der Waals surface area contributed by atoms with Gasteiger partial charge in [-0.2, -0.15) is 13.2 Å². The number of methoxy groups -OCH3 is 1. The van der Waals surface area contributed by atoms with Crippen molar-refractivity contribution in [2.45, 2.75) is 44.8 Å². The summed E-state index contributed by atoms with van der Waals surface area (Å²) in [5.74, 6) is -0.0886. The molecule has 0 amide bonds. The van der Waals surface area contributed by atoms with E-state index in [1.807, 2.05) is 6.07 Å². The average molecular weight is 527 g/mol. The number of rotatable bonds is 5. The van der Waals surface area contributed by atoms with Crippen LogP contribution in [0.25, 0.3) is 10.9 Å². The zero-order valence-corrected chi connectivity index (χ0v) is 20.7. The van der Waals surface area contributed by atoms with Crippen LogP contribution in [-0.4, -0.2) is 37.0 Å². The molecule has 3 aromatic rings. The molecule has 1 aliphatic rings. The topological polar surface area (TPSA) is 107 Å². The number of fused-ring (bicyclic) bond motifs is 1. The van der Waals surface area contributed by atoms with Gasteiger partial charge >= 0.3 is 6.18 Å². The van der Waals surface area contributed by atoms with Crippen molar-refractivity contribution < 1.29 is 30.7 Å². The molecular formula is C24H26F4N4O3S. The molecule has 2 aromatic carbocycles. The van der Waals surface area contributed by atoms with Crippen molar-refractivity contribution in [3.05, 3.63) is 52.6 Å². The second-order valence-electron chi connectivity index (χ2n) is 8.99. The first-order valence-electron chi connectivity index (χ1n) is 11.3. The molecule has 194 valence electrons. The van der Waals surface area contributed by atoms with Gasteiger partial charge in [-0.1, -0.05) is 0 Å². The third kappa shape index (κ3) is 5.18. The molecule has 1 fully saturated rings. The van der Waals surface area contributed by atoms with Gasteiger partial charge in [-0.3, -0.25) is 0 Å². The Balaban J connectivity index is 1.77. The van der Waals surface area contributed by atoms with E-state index in [2.05, 4.69) is 15.3 Å². The predicted octanol–water partition coefficient (Wildman–Crippen LogP) is 5.15. The first-order chi connectivity index (χ1) is 16.8. The molecule has 1 atom stereocenters. The summed E-state index contributed by atoms with van der Waals surface area (Å²) in [5.41, 5.74) is 5.06. The number of aromatic nitrogens is 2. The van der Waals surface area contributed by atoms with Crippen LogP contribution in [0.4, 0.5) is 29.1 Å². The van der Waals surface area contributed by atoms with E-state index in [4.69, 9.17) is 10.5 Å². The van der Waals surface area contributed by atoms with E-state index in [1.165, 1.54) is 14.0 Å². The van der Waals surface area contributed by atoms with E-state index >= 15 is 0 Å². The minimum absolute atomic E-state index is 0.0693. The van der Waals surface area contributed by atoms with Crippen LogP contribution in [0.5, 0.6) is 5.75 Å². The number of hydrogen-bond donors (Lipinski definition) is 2. The van der Waals surface area contributed by atoms with Crippen LogP contribution in [-0.2, 0) is 16.0 Å². The van der Waals surface area contributed by atoms with Crippen LogP contribution in [0, 0.1) is 12.7 Å². The van der Waals surface area contributed by atoms with Crippen LogP contribution < -0.4 is 15.8 Å². The van der Waals surface area contributed by atoms with Crippen LogP contribution in [0.1, 0.15) is 54.2 Å². The molecule has 0 radical (unpaired) electrons. The summed E-state index contributed by atoms with van der Waals surface area (Å²) in [6, 6.07) is 4.34. The molecular weight excluding hydrogens is 500 g/mol. The number of nitrogens with zero attached hydrogens (tertiary/aromatic N) is 2. The van der Waals surface area contributed by atoms with Gasteiger partial charge in [0.2, 0.25) is 0 Å². The average Bonchev–Trinajstić information content (AvgIpc) is 2.78. The van der Waals surface area contributed by atoms with Crippen molar-refractivity contribution >= 4 is 32.2 Å². The molecule has 2 heterocycles. The Kier molecular flexibility index (Phi) is 6.76. The van der Waals surface area contributed by atoms with E-state index in [0.717, 1.165) is 11.6 Å². The monoisotopic (exact) mass is 526 g/mol. The fourth-order valence-electron chi connectivity index (χ4n) is 4.57. The molecule has 0 bridgehead atoms. The summed E-state index contributed by atoms with van der Waals surface area (Å²) in [5, 5.41) is 3.57. The lowest BCUT2D eigenvalue weighted by atomic mass is 9.91. The number of alkyl halides is 3. The van der Waals surface area contributed by atoms with Gasteiger partial charge in [0, 0.05) is 22.7 Å². The van der Waals surface area contributed by atoms with E-state index in [1.54, 1.807) is 13.0 Å². The van der Waals surface area contributed by atoms with Crippen LogP contribution >= 0.6 is 0 Å². The van der Waals surface area contributed by atoms with Crippen LogP contribution in [0.2, 0.25) is 0 Å². The molecule has 1 aliphatic heterocycles. The fraction of sp³-hybridized carbons (Fsp3) is 0.417. The Morgan fingerprint density at radius 3 is 2.42 bits per heavy atom. The molecule has 1 aromatic heterocycles. The quantitative estimate of drug-likeness (QED) is 0.350. The number of nitrogens with one attached hydrogen (secondary N) is 1. The first-order valence-corrected chi connectivity index (χ1v) is 13.1. The highest BCUT2D eigenvalue weighted by atomic mass is 32.2. The van der Waals surface area contributed by atoms with Gasteiger partial charge in [0.1, 0.15) is 33.0 Å². The summed E-state index contributed by atoms with van der Waals surface area (Å²) >= 11 is 0. The van der Waals surface area contributed by atoms with E-state index in [-0.39, 0.29) is 28.7 Å². The Hall–Kier alpha value is -3.15. The van der Waals surface area contributed by atoms with Gasteiger partial charge < -0.3 is 15.8 Å². The Bertz CT molecular complexity index is 1410. The molecule has 36 heavy (non-hydrogen) atoms. The van der Waals surface area contributed by atoms with Gasteiger partial charge in [-0.15, -0.1) is 0 Å². The van der Waals surface area contributed by atoms with E-state index in [0.29, 0.717) is 47.2 Å². The summed E-state index contributed by atoms with van der Waals surface area (Å²) < 4.78 is 84.2. The van der Waals surface area contributed by atoms with Crippen molar-refractivity contribution in [3.63, 3.8) is 0 Å². The van der Waals surface area contributed by atoms with Crippen LogP contribution in [0.3, 0.4) is 0 Å². The smallest absolute Gasteiger partial charge is 0.419 e. The van der Waals surface area contributed by atoms with Gasteiger partial charge in [-0.25, -0.2) is 22.8 Å². The number of nitrogens with two attached hydrogens (primary N) is 1. The van der Waals surface area contributed by atoms with Crippen molar-refractivity contribution in [1.82, 2.24) is 9.97 Å².